The molecule has 0 radical (unpaired) electrons. The first kappa shape index (κ1) is 16.6. The van der Waals surface area contributed by atoms with Gasteiger partial charge in [0.05, 0.1) is 16.8 Å². The van der Waals surface area contributed by atoms with Gasteiger partial charge in [0.25, 0.3) is 5.69 Å². The maximum atomic E-state index is 12.2. The third-order valence-electron chi connectivity index (χ3n) is 3.96. The number of nitro groups is 1. The first-order chi connectivity index (χ1) is 11.8. The second-order valence-corrected chi connectivity index (χ2v) is 5.98. The Kier molecular flexibility index (Phi) is 3.99. The van der Waals surface area contributed by atoms with Crippen molar-refractivity contribution >= 4 is 29.0 Å². The Balaban J connectivity index is 2.17. The molecule has 0 bridgehead atoms. The molecule has 2 aromatic rings. The fourth-order valence-electron chi connectivity index (χ4n) is 2.76. The van der Waals surface area contributed by atoms with Crippen LogP contribution in [0, 0.1) is 10.1 Å². The molecule has 1 aromatic carbocycles. The molecule has 2 heterocycles. The van der Waals surface area contributed by atoms with E-state index in [-0.39, 0.29) is 11.4 Å². The third kappa shape index (κ3) is 2.95. The number of cyclic esters (lactones) is 1. The van der Waals surface area contributed by atoms with E-state index in [1.165, 1.54) is 29.6 Å². The Morgan fingerprint density at radius 1 is 1.36 bits per heavy atom. The smallest absolute Gasteiger partial charge is 0.415 e. The minimum atomic E-state index is -0.911. The normalized spacial score (nSPS) is 15.3. The van der Waals surface area contributed by atoms with E-state index in [2.05, 4.69) is 15.3 Å². The molecule has 1 aromatic heterocycles. The summed E-state index contributed by atoms with van der Waals surface area (Å²) < 4.78 is 5.47. The molecule has 0 spiro atoms. The molecule has 0 saturated heterocycles. The summed E-state index contributed by atoms with van der Waals surface area (Å²) in [5, 5.41) is 14.4. The summed E-state index contributed by atoms with van der Waals surface area (Å²) in [5.74, 6) is 0.378. The molecular weight excluding hydrogens is 326 g/mol. The lowest BCUT2D eigenvalue weighted by Crippen LogP contribution is -2.43. The van der Waals surface area contributed by atoms with E-state index in [1.807, 2.05) is 0 Å². The fraction of sp³-hybridized carbons (Fsp3) is 0.312. The van der Waals surface area contributed by atoms with Crippen LogP contribution in [0.4, 0.5) is 27.7 Å². The first-order valence-corrected chi connectivity index (χ1v) is 7.70. The summed E-state index contributed by atoms with van der Waals surface area (Å²) >= 11 is 0. The van der Waals surface area contributed by atoms with Gasteiger partial charge in [0, 0.05) is 30.6 Å². The van der Waals surface area contributed by atoms with Gasteiger partial charge in [0.1, 0.15) is 17.1 Å². The van der Waals surface area contributed by atoms with Crippen molar-refractivity contribution in [2.24, 2.45) is 0 Å². The SMILES string of the molecule is CCN1C(=O)OC(C)(C)c2cc(Nc3cnccn3)c([N+](=O)[O-])cc21. The molecule has 130 valence electrons. The van der Waals surface area contributed by atoms with E-state index in [9.17, 15) is 14.9 Å². The molecule has 9 nitrogen and oxygen atoms in total. The van der Waals surface area contributed by atoms with Crippen LogP contribution in [0.2, 0.25) is 0 Å². The summed E-state index contributed by atoms with van der Waals surface area (Å²) in [6.45, 7) is 5.61. The van der Waals surface area contributed by atoms with Gasteiger partial charge in [-0.2, -0.15) is 0 Å². The molecule has 0 aliphatic carbocycles. The monoisotopic (exact) mass is 343 g/mol. The van der Waals surface area contributed by atoms with Gasteiger partial charge in [-0.3, -0.25) is 20.0 Å². The standard InChI is InChI=1S/C16H17N5O4/c1-4-20-12-8-13(21(23)24)11(19-14-9-17-5-6-18-14)7-10(12)16(2,3)25-15(20)22/h5-9H,4H2,1-3H3,(H,18,19). The van der Waals surface area contributed by atoms with Crippen LogP contribution < -0.4 is 10.2 Å². The van der Waals surface area contributed by atoms with Gasteiger partial charge < -0.3 is 10.1 Å². The highest BCUT2D eigenvalue weighted by atomic mass is 16.6. The van der Waals surface area contributed by atoms with Crippen LogP contribution in [0.25, 0.3) is 0 Å². The summed E-state index contributed by atoms with van der Waals surface area (Å²) in [5.41, 5.74) is 0.331. The maximum absolute atomic E-state index is 12.2. The molecule has 0 fully saturated rings. The zero-order valence-corrected chi connectivity index (χ0v) is 14.0. The maximum Gasteiger partial charge on any atom is 0.415 e. The van der Waals surface area contributed by atoms with Crippen molar-refractivity contribution in [1.82, 2.24) is 9.97 Å². The van der Waals surface area contributed by atoms with Gasteiger partial charge in [-0.05, 0) is 26.8 Å². The molecule has 1 aliphatic heterocycles. The van der Waals surface area contributed by atoms with Crippen molar-refractivity contribution in [2.75, 3.05) is 16.8 Å². The second kappa shape index (κ2) is 6.00. The zero-order chi connectivity index (χ0) is 18.2. The molecule has 3 rings (SSSR count). The number of nitrogens with zero attached hydrogens (tertiary/aromatic N) is 4. The molecule has 25 heavy (non-hydrogen) atoms. The molecule has 0 atom stereocenters. The van der Waals surface area contributed by atoms with Crippen LogP contribution in [-0.2, 0) is 10.3 Å². The highest BCUT2D eigenvalue weighted by molar-refractivity contribution is 5.93. The largest absolute Gasteiger partial charge is 0.438 e. The van der Waals surface area contributed by atoms with Gasteiger partial charge in [-0.1, -0.05) is 0 Å². The number of hydrogen-bond donors (Lipinski definition) is 1. The van der Waals surface area contributed by atoms with Gasteiger partial charge in [0.15, 0.2) is 0 Å². The van der Waals surface area contributed by atoms with Crippen molar-refractivity contribution in [3.8, 4) is 0 Å². The summed E-state index contributed by atoms with van der Waals surface area (Å²) in [4.78, 5) is 32.6. The van der Waals surface area contributed by atoms with E-state index in [0.717, 1.165) is 0 Å². The van der Waals surface area contributed by atoms with Crippen molar-refractivity contribution in [3.63, 3.8) is 0 Å². The van der Waals surface area contributed by atoms with Crippen LogP contribution >= 0.6 is 0 Å². The van der Waals surface area contributed by atoms with E-state index in [0.29, 0.717) is 23.6 Å². The highest BCUT2D eigenvalue weighted by Crippen LogP contribution is 2.44. The molecule has 1 aliphatic rings. The molecule has 9 heteroatoms. The lowest BCUT2D eigenvalue weighted by molar-refractivity contribution is -0.383. The van der Waals surface area contributed by atoms with Crippen LogP contribution in [0.3, 0.4) is 0 Å². The van der Waals surface area contributed by atoms with Crippen LogP contribution in [0.5, 0.6) is 0 Å². The number of carbonyl (C=O) groups excluding carboxylic acids is 1. The number of rotatable bonds is 4. The summed E-state index contributed by atoms with van der Waals surface area (Å²) in [6, 6.07) is 3.01. The van der Waals surface area contributed by atoms with Gasteiger partial charge in [-0.15, -0.1) is 0 Å². The van der Waals surface area contributed by atoms with Crippen LogP contribution in [-0.4, -0.2) is 27.5 Å². The zero-order valence-electron chi connectivity index (χ0n) is 14.0. The average molecular weight is 343 g/mol. The minimum absolute atomic E-state index is 0.159. The van der Waals surface area contributed by atoms with E-state index >= 15 is 0 Å². The molecule has 1 N–H and O–H groups in total. The topological polar surface area (TPSA) is 110 Å². The Hall–Kier alpha value is -3.23. The summed E-state index contributed by atoms with van der Waals surface area (Å²) in [7, 11) is 0. The fourth-order valence-corrected chi connectivity index (χ4v) is 2.76. The van der Waals surface area contributed by atoms with Gasteiger partial charge >= 0.3 is 6.09 Å². The van der Waals surface area contributed by atoms with Crippen molar-refractivity contribution in [1.29, 1.82) is 0 Å². The van der Waals surface area contributed by atoms with E-state index in [1.54, 1.807) is 26.8 Å². The predicted molar refractivity (Wildman–Crippen MR) is 90.9 cm³/mol. The van der Waals surface area contributed by atoms with Crippen molar-refractivity contribution in [3.05, 3.63) is 46.4 Å². The van der Waals surface area contributed by atoms with Crippen LogP contribution in [0.1, 0.15) is 26.3 Å². The average Bonchev–Trinajstić information content (AvgIpc) is 2.55. The Morgan fingerprint density at radius 2 is 2.12 bits per heavy atom. The second-order valence-electron chi connectivity index (χ2n) is 5.98. The van der Waals surface area contributed by atoms with Crippen molar-refractivity contribution in [2.45, 2.75) is 26.4 Å². The number of ether oxygens (including phenoxy) is 1. The quantitative estimate of drug-likeness (QED) is 0.669. The number of anilines is 3. The molecule has 1 amide bonds. The molecule has 0 saturated carbocycles. The Bertz CT molecular complexity index is 838. The number of fused-ring (bicyclic) bond motifs is 1. The first-order valence-electron chi connectivity index (χ1n) is 7.70. The lowest BCUT2D eigenvalue weighted by Gasteiger charge is -2.38. The molecule has 0 unspecified atom stereocenters. The predicted octanol–water partition coefficient (Wildman–Crippen LogP) is 3.34. The van der Waals surface area contributed by atoms with Crippen LogP contribution in [0.15, 0.2) is 30.7 Å². The number of nitrogens with one attached hydrogen (secondary N) is 1. The number of aromatic nitrogens is 2. The minimum Gasteiger partial charge on any atom is -0.438 e. The highest BCUT2D eigenvalue weighted by Gasteiger charge is 2.39. The summed E-state index contributed by atoms with van der Waals surface area (Å²) in [6.07, 6.45) is 3.93. The van der Waals surface area contributed by atoms with Gasteiger partial charge in [0.2, 0.25) is 0 Å². The number of hydrogen-bond acceptors (Lipinski definition) is 7. The van der Waals surface area contributed by atoms with E-state index in [4.69, 9.17) is 4.74 Å². The number of amides is 1. The lowest BCUT2D eigenvalue weighted by atomic mass is 9.93. The number of nitro benzene ring substituents is 1. The Labute approximate surface area is 143 Å². The number of carbonyl (C=O) groups is 1. The number of benzene rings is 1. The van der Waals surface area contributed by atoms with Crippen molar-refractivity contribution < 1.29 is 14.5 Å². The van der Waals surface area contributed by atoms with E-state index < -0.39 is 16.6 Å². The third-order valence-corrected chi connectivity index (χ3v) is 3.96. The Morgan fingerprint density at radius 3 is 2.72 bits per heavy atom. The van der Waals surface area contributed by atoms with Gasteiger partial charge in [-0.25, -0.2) is 9.78 Å². The molecular formula is C16H17N5O4.